The number of rotatable bonds is 9. The van der Waals surface area contributed by atoms with E-state index in [0.29, 0.717) is 23.8 Å². The Labute approximate surface area is 177 Å². The molecule has 1 aromatic heterocycles. The molecule has 2 aromatic rings. The van der Waals surface area contributed by atoms with Gasteiger partial charge in [-0.05, 0) is 42.0 Å². The van der Waals surface area contributed by atoms with Gasteiger partial charge in [0.2, 0.25) is 10.0 Å². The maximum atomic E-state index is 12.6. The maximum Gasteiger partial charge on any atom is 0.253 e. The minimum absolute atomic E-state index is 0.268. The summed E-state index contributed by atoms with van der Waals surface area (Å²) >= 11 is 1.84. The second kappa shape index (κ2) is 9.73. The third kappa shape index (κ3) is 5.81. The number of thiophene rings is 1. The quantitative estimate of drug-likeness (QED) is 0.630. The van der Waals surface area contributed by atoms with Crippen LogP contribution in [0.15, 0.2) is 35.7 Å². The minimum atomic E-state index is -3.45. The highest BCUT2D eigenvalue weighted by atomic mass is 32.2. The topological polar surface area (TPSA) is 78.5 Å². The van der Waals surface area contributed by atoms with Crippen LogP contribution in [-0.2, 0) is 16.4 Å². The van der Waals surface area contributed by atoms with E-state index < -0.39 is 10.0 Å². The van der Waals surface area contributed by atoms with Crippen molar-refractivity contribution >= 4 is 33.0 Å². The Hall–Kier alpha value is -1.90. The van der Waals surface area contributed by atoms with Gasteiger partial charge in [0, 0.05) is 30.6 Å². The fourth-order valence-corrected chi connectivity index (χ4v) is 5.49. The first-order chi connectivity index (χ1) is 13.9. The van der Waals surface area contributed by atoms with Gasteiger partial charge in [-0.1, -0.05) is 31.9 Å². The van der Waals surface area contributed by atoms with Crippen LogP contribution in [0.2, 0.25) is 0 Å². The van der Waals surface area contributed by atoms with E-state index in [2.05, 4.69) is 33.3 Å². The number of sulfonamides is 1. The number of carbonyl (C=O) groups excluding carboxylic acids is 1. The summed E-state index contributed by atoms with van der Waals surface area (Å²) in [5, 5.41) is 5.14. The lowest BCUT2D eigenvalue weighted by atomic mass is 9.97. The third-order valence-corrected chi connectivity index (χ3v) is 6.83. The molecular weight excluding hydrogens is 406 g/mol. The molecule has 8 heteroatoms. The molecule has 1 atom stereocenters. The van der Waals surface area contributed by atoms with Gasteiger partial charge >= 0.3 is 0 Å². The SMILES string of the molecule is CCCCC1c2sccc2CCN1CCNC(=O)c1ccccc1NS(C)(=O)=O. The van der Waals surface area contributed by atoms with Gasteiger partial charge in [0.05, 0.1) is 17.5 Å². The highest BCUT2D eigenvalue weighted by Gasteiger charge is 2.27. The molecule has 1 aliphatic heterocycles. The van der Waals surface area contributed by atoms with Crippen molar-refractivity contribution in [1.29, 1.82) is 0 Å². The van der Waals surface area contributed by atoms with Crippen LogP contribution in [0.4, 0.5) is 5.69 Å². The molecule has 2 N–H and O–H groups in total. The van der Waals surface area contributed by atoms with E-state index in [1.165, 1.54) is 23.3 Å². The van der Waals surface area contributed by atoms with Crippen molar-refractivity contribution in [2.75, 3.05) is 30.6 Å². The Kier molecular flexibility index (Phi) is 7.32. The molecule has 0 spiro atoms. The number of unbranched alkanes of at least 4 members (excludes halogenated alkanes) is 1. The second-order valence-corrected chi connectivity index (χ2v) is 10.1. The number of anilines is 1. The molecule has 0 bridgehead atoms. The lowest BCUT2D eigenvalue weighted by Gasteiger charge is -2.35. The Morgan fingerprint density at radius 2 is 2.07 bits per heavy atom. The summed E-state index contributed by atoms with van der Waals surface area (Å²) in [6.07, 6.45) is 5.63. The molecule has 0 aliphatic carbocycles. The molecule has 0 saturated carbocycles. The van der Waals surface area contributed by atoms with Crippen LogP contribution in [0.3, 0.4) is 0 Å². The normalized spacial score (nSPS) is 17.0. The molecule has 1 aliphatic rings. The zero-order valence-corrected chi connectivity index (χ0v) is 18.6. The predicted octanol–water partition coefficient (Wildman–Crippen LogP) is 3.64. The molecule has 1 aromatic carbocycles. The van der Waals surface area contributed by atoms with Crippen LogP contribution in [0, 0.1) is 0 Å². The fourth-order valence-electron chi connectivity index (χ4n) is 3.79. The van der Waals surface area contributed by atoms with Crippen molar-refractivity contribution in [2.24, 2.45) is 0 Å². The Bertz CT molecular complexity index is 940. The first kappa shape index (κ1) is 21.8. The Morgan fingerprint density at radius 3 is 2.83 bits per heavy atom. The zero-order chi connectivity index (χ0) is 20.9. The first-order valence-electron chi connectivity index (χ1n) is 10.0. The van der Waals surface area contributed by atoms with Gasteiger partial charge in [-0.15, -0.1) is 11.3 Å². The maximum absolute atomic E-state index is 12.6. The highest BCUT2D eigenvalue weighted by molar-refractivity contribution is 7.92. The number of benzene rings is 1. The summed E-state index contributed by atoms with van der Waals surface area (Å²) in [7, 11) is -3.45. The fraction of sp³-hybridized carbons (Fsp3) is 0.476. The highest BCUT2D eigenvalue weighted by Crippen LogP contribution is 2.36. The van der Waals surface area contributed by atoms with Crippen molar-refractivity contribution in [3.63, 3.8) is 0 Å². The number of fused-ring (bicyclic) bond motifs is 1. The van der Waals surface area contributed by atoms with Crippen molar-refractivity contribution in [3.05, 3.63) is 51.7 Å². The molecule has 0 radical (unpaired) electrons. The van der Waals surface area contributed by atoms with Gasteiger partial charge in [-0.2, -0.15) is 0 Å². The molecule has 1 amide bonds. The van der Waals surface area contributed by atoms with Gasteiger partial charge in [0.15, 0.2) is 0 Å². The van der Waals surface area contributed by atoms with Crippen LogP contribution < -0.4 is 10.0 Å². The second-order valence-electron chi connectivity index (χ2n) is 7.43. The minimum Gasteiger partial charge on any atom is -0.351 e. The van der Waals surface area contributed by atoms with Crippen LogP contribution in [0.25, 0.3) is 0 Å². The van der Waals surface area contributed by atoms with Crippen molar-refractivity contribution in [1.82, 2.24) is 10.2 Å². The van der Waals surface area contributed by atoms with E-state index >= 15 is 0 Å². The summed E-state index contributed by atoms with van der Waals surface area (Å²) in [6.45, 7) is 4.51. The van der Waals surface area contributed by atoms with E-state index in [1.807, 2.05) is 11.3 Å². The summed E-state index contributed by atoms with van der Waals surface area (Å²) in [5.41, 5.74) is 2.10. The number of hydrogen-bond donors (Lipinski definition) is 2. The van der Waals surface area contributed by atoms with Crippen LogP contribution in [0.5, 0.6) is 0 Å². The summed E-state index contributed by atoms with van der Waals surface area (Å²) in [5.74, 6) is -0.268. The van der Waals surface area contributed by atoms with Crippen molar-refractivity contribution in [3.8, 4) is 0 Å². The molecule has 2 heterocycles. The van der Waals surface area contributed by atoms with Crippen LogP contribution in [-0.4, -0.2) is 45.1 Å². The van der Waals surface area contributed by atoms with Crippen molar-refractivity contribution in [2.45, 2.75) is 38.6 Å². The summed E-state index contributed by atoms with van der Waals surface area (Å²) < 4.78 is 25.5. The molecular formula is C21H29N3O3S2. The monoisotopic (exact) mass is 435 g/mol. The van der Waals surface area contributed by atoms with E-state index in [-0.39, 0.29) is 5.91 Å². The summed E-state index contributed by atoms with van der Waals surface area (Å²) in [6, 6.07) is 9.32. The van der Waals surface area contributed by atoms with Gasteiger partial charge in [-0.25, -0.2) is 8.42 Å². The third-order valence-electron chi connectivity index (χ3n) is 5.18. The average molecular weight is 436 g/mol. The predicted molar refractivity (Wildman–Crippen MR) is 119 cm³/mol. The molecule has 0 fully saturated rings. The van der Waals surface area contributed by atoms with E-state index in [4.69, 9.17) is 0 Å². The van der Waals surface area contributed by atoms with Gasteiger partial charge in [0.1, 0.15) is 0 Å². The Balaban J connectivity index is 1.62. The average Bonchev–Trinajstić information content (AvgIpc) is 3.15. The number of nitrogens with zero attached hydrogens (tertiary/aromatic N) is 1. The molecule has 3 rings (SSSR count). The lowest BCUT2D eigenvalue weighted by Crippen LogP contribution is -2.40. The van der Waals surface area contributed by atoms with Gasteiger partial charge in [-0.3, -0.25) is 14.4 Å². The number of amides is 1. The first-order valence-corrected chi connectivity index (χ1v) is 12.8. The molecule has 0 saturated heterocycles. The molecule has 1 unspecified atom stereocenters. The van der Waals surface area contributed by atoms with Gasteiger partial charge in [0.25, 0.3) is 5.91 Å². The standard InChI is InChI=1S/C21H29N3O3S2/c1-3-4-9-19-20-16(11-15-28-20)10-13-24(19)14-12-22-21(25)17-7-5-6-8-18(17)23-29(2,26)27/h5-8,11,15,19,23H,3-4,9-10,12-14H2,1-2H3,(H,22,25). The largest absolute Gasteiger partial charge is 0.351 e. The molecule has 6 nitrogen and oxygen atoms in total. The summed E-state index contributed by atoms with van der Waals surface area (Å²) in [4.78, 5) is 16.6. The Morgan fingerprint density at radius 1 is 1.28 bits per heavy atom. The van der Waals surface area contributed by atoms with Crippen molar-refractivity contribution < 1.29 is 13.2 Å². The van der Waals surface area contributed by atoms with E-state index in [1.54, 1.807) is 24.3 Å². The van der Waals surface area contributed by atoms with Crippen LogP contribution >= 0.6 is 11.3 Å². The van der Waals surface area contributed by atoms with E-state index in [0.717, 1.165) is 32.2 Å². The number of para-hydroxylation sites is 1. The van der Waals surface area contributed by atoms with Crippen LogP contribution in [0.1, 0.15) is 53.0 Å². The molecule has 158 valence electrons. The number of carbonyl (C=O) groups is 1. The lowest BCUT2D eigenvalue weighted by molar-refractivity contribution is 0.0942. The zero-order valence-electron chi connectivity index (χ0n) is 17.0. The number of hydrogen-bond acceptors (Lipinski definition) is 5. The van der Waals surface area contributed by atoms with Gasteiger partial charge < -0.3 is 5.32 Å². The number of nitrogens with one attached hydrogen (secondary N) is 2. The smallest absolute Gasteiger partial charge is 0.253 e. The molecule has 29 heavy (non-hydrogen) atoms. The van der Waals surface area contributed by atoms with E-state index in [9.17, 15) is 13.2 Å².